The van der Waals surface area contributed by atoms with E-state index in [2.05, 4.69) is 12.1 Å². The van der Waals surface area contributed by atoms with Gasteiger partial charge >= 0.3 is 18.9 Å². The molecule has 0 aliphatic carbocycles. The third-order valence-corrected chi connectivity index (χ3v) is 1.63. The van der Waals surface area contributed by atoms with Crippen LogP contribution in [0.25, 0.3) is 0 Å². The zero-order valence-corrected chi connectivity index (χ0v) is 7.49. The quantitative estimate of drug-likeness (QED) is 0.321. The zero-order chi connectivity index (χ0) is 7.94. The molecule has 0 radical (unpaired) electrons. The first kappa shape index (κ1) is 11.5. The van der Waals surface area contributed by atoms with Crippen LogP contribution in [0.2, 0.25) is 0 Å². The molecule has 2 heteroatoms. The molecule has 1 aromatic carbocycles. The maximum atomic E-state index is 10.00. The Bertz CT molecular complexity index is 213. The molecule has 0 unspecified atom stereocenters. The second-order valence-corrected chi connectivity index (χ2v) is 2.54. The fraction of sp³-hybridized carbons (Fsp3) is 0.300. The van der Waals surface area contributed by atoms with Crippen molar-refractivity contribution < 1.29 is 25.1 Å². The molecule has 1 nitrogen and oxygen atoms in total. The number of rotatable bonds is 4. The number of hydrogen-bond acceptors (Lipinski definition) is 1. The third kappa shape index (κ3) is 4.38. The molecule has 0 atom stereocenters. The van der Waals surface area contributed by atoms with Crippen molar-refractivity contribution in [3.63, 3.8) is 0 Å². The van der Waals surface area contributed by atoms with Crippen molar-refractivity contribution in [2.45, 2.75) is 19.3 Å². The fourth-order valence-corrected chi connectivity index (χ4v) is 1.03. The molecular weight excluding hydrogens is 143 g/mol. The van der Waals surface area contributed by atoms with E-state index < -0.39 is 0 Å². The van der Waals surface area contributed by atoms with Crippen LogP contribution in [0, 0.1) is 0 Å². The van der Waals surface area contributed by atoms with Crippen LogP contribution >= 0.6 is 0 Å². The van der Waals surface area contributed by atoms with Crippen LogP contribution in [0.4, 0.5) is 0 Å². The van der Waals surface area contributed by atoms with Gasteiger partial charge in [-0.1, -0.05) is 30.3 Å². The Morgan fingerprint density at radius 2 is 1.92 bits per heavy atom. The fourth-order valence-electron chi connectivity index (χ4n) is 1.03. The van der Waals surface area contributed by atoms with E-state index >= 15 is 0 Å². The summed E-state index contributed by atoms with van der Waals surface area (Å²) in [7, 11) is 0. The molecule has 1 rings (SSSR count). The van der Waals surface area contributed by atoms with Gasteiger partial charge in [-0.3, -0.25) is 0 Å². The Kier molecular flexibility index (Phi) is 6.85. The normalized spacial score (nSPS) is 8.67. The number of carbonyl (C=O) groups excluding carboxylic acids is 1. The van der Waals surface area contributed by atoms with Gasteiger partial charge in [0.25, 0.3) is 0 Å². The molecule has 0 spiro atoms. The van der Waals surface area contributed by atoms with Crippen molar-refractivity contribution in [3.8, 4) is 0 Å². The predicted octanol–water partition coefficient (Wildman–Crippen LogP) is -0.675. The van der Waals surface area contributed by atoms with Crippen molar-refractivity contribution in [3.05, 3.63) is 35.9 Å². The Labute approximate surface area is 86.8 Å². The second-order valence-electron chi connectivity index (χ2n) is 2.54. The standard InChI is InChI=1S/C10H12O.Li.H/c11-9-5-4-8-10-6-2-1-3-7-10;;/h1-3,6-7,9H,4-5,8H2;;/q;+1;-1. The molecule has 0 N–H and O–H groups in total. The monoisotopic (exact) mass is 156 g/mol. The molecule has 12 heavy (non-hydrogen) atoms. The first-order valence-electron chi connectivity index (χ1n) is 3.91. The molecular formula is C10H13LiO. The van der Waals surface area contributed by atoms with Gasteiger partial charge in [0, 0.05) is 6.42 Å². The second kappa shape index (κ2) is 7.15. The van der Waals surface area contributed by atoms with Crippen molar-refractivity contribution in [1.82, 2.24) is 0 Å². The summed E-state index contributed by atoms with van der Waals surface area (Å²) in [5.41, 5.74) is 1.31. The van der Waals surface area contributed by atoms with Gasteiger partial charge in [0.2, 0.25) is 0 Å². The maximum Gasteiger partial charge on any atom is 1.00 e. The van der Waals surface area contributed by atoms with E-state index in [9.17, 15) is 4.79 Å². The summed E-state index contributed by atoms with van der Waals surface area (Å²) >= 11 is 0. The van der Waals surface area contributed by atoms with E-state index in [-0.39, 0.29) is 20.3 Å². The SMILES string of the molecule is O=CCCCc1ccccc1.[H-].[Li+]. The molecule has 0 amide bonds. The van der Waals surface area contributed by atoms with E-state index in [0.717, 1.165) is 19.1 Å². The van der Waals surface area contributed by atoms with E-state index in [4.69, 9.17) is 0 Å². The Hall–Kier alpha value is -0.513. The molecule has 0 aliphatic rings. The minimum Gasteiger partial charge on any atom is -1.00 e. The smallest absolute Gasteiger partial charge is 1.00 e. The molecule has 0 saturated heterocycles. The summed E-state index contributed by atoms with van der Waals surface area (Å²) in [6.45, 7) is 0. The number of hydrogen-bond donors (Lipinski definition) is 0. The summed E-state index contributed by atoms with van der Waals surface area (Å²) in [6.07, 6.45) is 3.63. The van der Waals surface area contributed by atoms with Crippen molar-refractivity contribution in [1.29, 1.82) is 0 Å². The number of aryl methyl sites for hydroxylation is 1. The van der Waals surface area contributed by atoms with Crippen molar-refractivity contribution in [2.75, 3.05) is 0 Å². The Morgan fingerprint density at radius 1 is 1.25 bits per heavy atom. The maximum absolute atomic E-state index is 10.00. The van der Waals surface area contributed by atoms with Gasteiger partial charge in [0.05, 0.1) is 0 Å². The molecule has 0 bridgehead atoms. The summed E-state index contributed by atoms with van der Waals surface area (Å²) in [5, 5.41) is 0. The van der Waals surface area contributed by atoms with Crippen LogP contribution in [0.15, 0.2) is 30.3 Å². The summed E-state index contributed by atoms with van der Waals surface area (Å²) < 4.78 is 0. The van der Waals surface area contributed by atoms with Gasteiger partial charge in [0.15, 0.2) is 0 Å². The van der Waals surface area contributed by atoms with E-state index in [1.165, 1.54) is 5.56 Å². The molecule has 0 fully saturated rings. The predicted molar refractivity (Wildman–Crippen MR) is 46.6 cm³/mol. The molecule has 0 heterocycles. The van der Waals surface area contributed by atoms with Gasteiger partial charge in [-0.25, -0.2) is 0 Å². The topological polar surface area (TPSA) is 17.1 Å². The molecule has 60 valence electrons. The minimum atomic E-state index is 0. The first-order chi connectivity index (χ1) is 5.43. The van der Waals surface area contributed by atoms with E-state index in [0.29, 0.717) is 6.42 Å². The first-order valence-corrected chi connectivity index (χ1v) is 3.91. The number of carbonyl (C=O) groups is 1. The summed E-state index contributed by atoms with van der Waals surface area (Å²) in [5.74, 6) is 0. The van der Waals surface area contributed by atoms with Gasteiger partial charge in [-0.2, -0.15) is 0 Å². The largest absolute Gasteiger partial charge is 1.00 e. The molecule has 1 aromatic rings. The average Bonchev–Trinajstić information content (AvgIpc) is 2.07. The number of unbranched alkanes of at least 4 members (excludes halogenated alkanes) is 1. The zero-order valence-electron chi connectivity index (χ0n) is 8.49. The van der Waals surface area contributed by atoms with Gasteiger partial charge in [0.1, 0.15) is 6.29 Å². The molecule has 0 aromatic heterocycles. The van der Waals surface area contributed by atoms with E-state index in [1.807, 2.05) is 18.2 Å². The Morgan fingerprint density at radius 3 is 2.50 bits per heavy atom. The summed E-state index contributed by atoms with van der Waals surface area (Å²) in [4.78, 5) is 10.00. The van der Waals surface area contributed by atoms with Crippen LogP contribution in [0.5, 0.6) is 0 Å². The van der Waals surface area contributed by atoms with Gasteiger partial charge < -0.3 is 6.22 Å². The summed E-state index contributed by atoms with van der Waals surface area (Å²) in [6, 6.07) is 10.2. The Balaban J connectivity index is 0. The molecule has 0 aliphatic heterocycles. The van der Waals surface area contributed by atoms with Crippen LogP contribution in [-0.4, -0.2) is 6.29 Å². The molecule has 0 saturated carbocycles. The van der Waals surface area contributed by atoms with Crippen LogP contribution < -0.4 is 18.9 Å². The van der Waals surface area contributed by atoms with Crippen LogP contribution in [-0.2, 0) is 11.2 Å². The number of aldehydes is 1. The van der Waals surface area contributed by atoms with E-state index in [1.54, 1.807) is 0 Å². The van der Waals surface area contributed by atoms with Gasteiger partial charge in [-0.15, -0.1) is 0 Å². The van der Waals surface area contributed by atoms with Crippen molar-refractivity contribution >= 4 is 6.29 Å². The minimum absolute atomic E-state index is 0. The van der Waals surface area contributed by atoms with Crippen molar-refractivity contribution in [2.24, 2.45) is 0 Å². The average molecular weight is 156 g/mol. The number of benzene rings is 1. The van der Waals surface area contributed by atoms with Gasteiger partial charge in [-0.05, 0) is 18.4 Å². The third-order valence-electron chi connectivity index (χ3n) is 1.63. The van der Waals surface area contributed by atoms with Crippen LogP contribution in [0.1, 0.15) is 19.8 Å². The van der Waals surface area contributed by atoms with Crippen LogP contribution in [0.3, 0.4) is 0 Å².